The molecular formula is C11H14ClF3N2O. The van der Waals surface area contributed by atoms with Gasteiger partial charge in [0.15, 0.2) is 0 Å². The van der Waals surface area contributed by atoms with Gasteiger partial charge in [0.1, 0.15) is 11.0 Å². The summed E-state index contributed by atoms with van der Waals surface area (Å²) in [6.45, 7) is 2.88. The molecule has 0 radical (unpaired) electrons. The second kappa shape index (κ2) is 6.24. The lowest BCUT2D eigenvalue weighted by Gasteiger charge is -2.14. The second-order valence-corrected chi connectivity index (χ2v) is 4.39. The van der Waals surface area contributed by atoms with Gasteiger partial charge in [0, 0.05) is 13.7 Å². The van der Waals surface area contributed by atoms with Crippen molar-refractivity contribution in [3.8, 4) is 0 Å². The van der Waals surface area contributed by atoms with E-state index in [4.69, 9.17) is 16.3 Å². The number of nitrogens with one attached hydrogen (secondary N) is 1. The molecule has 0 aliphatic heterocycles. The van der Waals surface area contributed by atoms with Gasteiger partial charge in [-0.25, -0.2) is 4.98 Å². The van der Waals surface area contributed by atoms with Crippen molar-refractivity contribution >= 4 is 17.4 Å². The summed E-state index contributed by atoms with van der Waals surface area (Å²) in [7, 11) is 1.57. The van der Waals surface area contributed by atoms with Crippen molar-refractivity contribution in [1.29, 1.82) is 0 Å². The zero-order chi connectivity index (χ0) is 13.8. The second-order valence-electron chi connectivity index (χ2n) is 4.00. The molecule has 0 aliphatic rings. The predicted octanol–water partition coefficient (Wildman–Crippen LogP) is 3.45. The van der Waals surface area contributed by atoms with Gasteiger partial charge in [0.2, 0.25) is 0 Å². The van der Waals surface area contributed by atoms with Crippen molar-refractivity contribution < 1.29 is 17.9 Å². The highest BCUT2D eigenvalue weighted by molar-refractivity contribution is 6.29. The van der Waals surface area contributed by atoms with Crippen molar-refractivity contribution in [2.45, 2.75) is 13.1 Å². The summed E-state index contributed by atoms with van der Waals surface area (Å²) in [5, 5.41) is 2.62. The van der Waals surface area contributed by atoms with E-state index in [0.29, 0.717) is 13.2 Å². The van der Waals surface area contributed by atoms with E-state index in [1.165, 1.54) is 0 Å². The molecule has 7 heteroatoms. The third-order valence-electron chi connectivity index (χ3n) is 2.20. The third kappa shape index (κ3) is 4.70. The predicted molar refractivity (Wildman–Crippen MR) is 63.8 cm³/mol. The van der Waals surface area contributed by atoms with Crippen LogP contribution in [0.5, 0.6) is 0 Å². The van der Waals surface area contributed by atoms with Crippen molar-refractivity contribution in [3.63, 3.8) is 0 Å². The molecule has 1 aromatic rings. The SMILES string of the molecule is COCC(C)CNc1cc(C(F)(F)F)cc(Cl)n1. The third-order valence-corrected chi connectivity index (χ3v) is 2.40. The van der Waals surface area contributed by atoms with Gasteiger partial charge in [0.05, 0.1) is 12.2 Å². The number of nitrogens with zero attached hydrogens (tertiary/aromatic N) is 1. The molecule has 1 rings (SSSR count). The molecule has 1 unspecified atom stereocenters. The molecule has 0 amide bonds. The van der Waals surface area contributed by atoms with Gasteiger partial charge in [-0.1, -0.05) is 18.5 Å². The number of aromatic nitrogens is 1. The number of halogens is 4. The molecule has 3 nitrogen and oxygen atoms in total. The summed E-state index contributed by atoms with van der Waals surface area (Å²) in [4.78, 5) is 3.79. The van der Waals surface area contributed by atoms with Gasteiger partial charge < -0.3 is 10.1 Å². The maximum atomic E-state index is 12.5. The van der Waals surface area contributed by atoms with Crippen LogP contribution in [0.1, 0.15) is 12.5 Å². The number of hydrogen-bond donors (Lipinski definition) is 1. The number of pyridine rings is 1. The number of hydrogen-bond acceptors (Lipinski definition) is 3. The summed E-state index contributed by atoms with van der Waals surface area (Å²) in [5.41, 5.74) is -0.815. The Bertz CT molecular complexity index is 398. The standard InChI is InChI=1S/C11H14ClF3N2O/c1-7(6-18-2)5-16-10-4-8(11(13,14)15)3-9(12)17-10/h3-4,7H,5-6H2,1-2H3,(H,16,17). The Balaban J connectivity index is 2.75. The van der Waals surface area contributed by atoms with Crippen molar-refractivity contribution in [3.05, 3.63) is 22.8 Å². The van der Waals surface area contributed by atoms with E-state index in [-0.39, 0.29) is 16.9 Å². The Hall–Kier alpha value is -1.01. The number of rotatable bonds is 5. The number of ether oxygens (including phenoxy) is 1. The van der Waals surface area contributed by atoms with E-state index in [0.717, 1.165) is 12.1 Å². The molecule has 0 fully saturated rings. The molecule has 1 heterocycles. The molecule has 102 valence electrons. The van der Waals surface area contributed by atoms with Crippen LogP contribution in [0.25, 0.3) is 0 Å². The molecule has 1 N–H and O–H groups in total. The van der Waals surface area contributed by atoms with Crippen LogP contribution < -0.4 is 5.32 Å². The van der Waals surface area contributed by atoms with E-state index in [2.05, 4.69) is 10.3 Å². The largest absolute Gasteiger partial charge is 0.416 e. The molecule has 1 atom stereocenters. The Morgan fingerprint density at radius 1 is 1.44 bits per heavy atom. The van der Waals surface area contributed by atoms with Crippen LogP contribution in [0.3, 0.4) is 0 Å². The molecule has 0 saturated carbocycles. The lowest BCUT2D eigenvalue weighted by molar-refractivity contribution is -0.137. The molecule has 1 aromatic heterocycles. The highest BCUT2D eigenvalue weighted by atomic mass is 35.5. The average Bonchev–Trinajstić information content (AvgIpc) is 2.25. The Labute approximate surface area is 108 Å². The highest BCUT2D eigenvalue weighted by Crippen LogP contribution is 2.31. The summed E-state index contributed by atoms with van der Waals surface area (Å²) in [6.07, 6.45) is -4.43. The number of alkyl halides is 3. The van der Waals surface area contributed by atoms with Gasteiger partial charge in [-0.2, -0.15) is 13.2 Å². The fraction of sp³-hybridized carbons (Fsp3) is 0.545. The summed E-state index contributed by atoms with van der Waals surface area (Å²) in [5.74, 6) is 0.267. The van der Waals surface area contributed by atoms with Crippen LogP contribution in [0.15, 0.2) is 12.1 Å². The maximum Gasteiger partial charge on any atom is 0.416 e. The molecule has 18 heavy (non-hydrogen) atoms. The van der Waals surface area contributed by atoms with Gasteiger partial charge in [-0.15, -0.1) is 0 Å². The highest BCUT2D eigenvalue weighted by Gasteiger charge is 2.31. The topological polar surface area (TPSA) is 34.1 Å². The zero-order valence-corrected chi connectivity index (χ0v) is 10.8. The van der Waals surface area contributed by atoms with Gasteiger partial charge in [-0.05, 0) is 18.1 Å². The first-order valence-electron chi connectivity index (χ1n) is 5.30. The number of methoxy groups -OCH3 is 1. The average molecular weight is 283 g/mol. The fourth-order valence-electron chi connectivity index (χ4n) is 1.37. The van der Waals surface area contributed by atoms with Crippen LogP contribution in [0, 0.1) is 5.92 Å². The van der Waals surface area contributed by atoms with Crippen LogP contribution in [0.4, 0.5) is 19.0 Å². The summed E-state index contributed by atoms with van der Waals surface area (Å²) < 4.78 is 42.5. The lowest BCUT2D eigenvalue weighted by atomic mass is 10.2. The summed E-state index contributed by atoms with van der Waals surface area (Å²) in [6, 6.07) is 1.73. The van der Waals surface area contributed by atoms with Crippen LogP contribution in [-0.4, -0.2) is 25.2 Å². The van der Waals surface area contributed by atoms with Gasteiger partial charge in [-0.3, -0.25) is 0 Å². The quantitative estimate of drug-likeness (QED) is 0.840. The van der Waals surface area contributed by atoms with Crippen molar-refractivity contribution in [2.24, 2.45) is 5.92 Å². The van der Waals surface area contributed by atoms with E-state index in [9.17, 15) is 13.2 Å². The first-order chi connectivity index (χ1) is 8.32. The normalized spacial score (nSPS) is 13.4. The molecule has 0 aliphatic carbocycles. The molecule has 0 saturated heterocycles. The summed E-state index contributed by atoms with van der Waals surface area (Å²) >= 11 is 5.56. The first kappa shape index (κ1) is 15.0. The molecular weight excluding hydrogens is 269 g/mol. The van der Waals surface area contributed by atoms with E-state index < -0.39 is 11.7 Å². The van der Waals surface area contributed by atoms with E-state index in [1.807, 2.05) is 6.92 Å². The molecule has 0 spiro atoms. The van der Waals surface area contributed by atoms with E-state index in [1.54, 1.807) is 7.11 Å². The Morgan fingerprint density at radius 2 is 2.11 bits per heavy atom. The van der Waals surface area contributed by atoms with Crippen molar-refractivity contribution in [2.75, 3.05) is 25.6 Å². The van der Waals surface area contributed by atoms with Crippen LogP contribution in [-0.2, 0) is 10.9 Å². The van der Waals surface area contributed by atoms with Crippen LogP contribution >= 0.6 is 11.6 Å². The number of anilines is 1. The van der Waals surface area contributed by atoms with Crippen LogP contribution in [0.2, 0.25) is 5.15 Å². The lowest BCUT2D eigenvalue weighted by Crippen LogP contribution is -2.17. The fourth-order valence-corrected chi connectivity index (χ4v) is 1.58. The van der Waals surface area contributed by atoms with E-state index >= 15 is 0 Å². The van der Waals surface area contributed by atoms with Crippen molar-refractivity contribution in [1.82, 2.24) is 4.98 Å². The minimum Gasteiger partial charge on any atom is -0.384 e. The Kier molecular flexibility index (Phi) is 5.22. The first-order valence-corrected chi connectivity index (χ1v) is 5.68. The molecule has 0 bridgehead atoms. The maximum absolute atomic E-state index is 12.5. The molecule has 0 aromatic carbocycles. The minimum atomic E-state index is -4.43. The monoisotopic (exact) mass is 282 g/mol. The van der Waals surface area contributed by atoms with Gasteiger partial charge >= 0.3 is 6.18 Å². The zero-order valence-electron chi connectivity index (χ0n) is 10.0. The smallest absolute Gasteiger partial charge is 0.384 e. The van der Waals surface area contributed by atoms with Gasteiger partial charge in [0.25, 0.3) is 0 Å². The minimum absolute atomic E-state index is 0.109. The Morgan fingerprint density at radius 3 is 2.67 bits per heavy atom.